The van der Waals surface area contributed by atoms with Gasteiger partial charge in [0.25, 0.3) is 5.62 Å². The molecule has 1 aromatic rings. The van der Waals surface area contributed by atoms with E-state index in [1.165, 1.54) is 7.11 Å². The summed E-state index contributed by atoms with van der Waals surface area (Å²) < 4.78 is 28.3. The highest BCUT2D eigenvalue weighted by Gasteiger charge is 2.31. The maximum absolute atomic E-state index is 13.4. The molecule has 0 N–H and O–H groups in total. The number of halogens is 2. The van der Waals surface area contributed by atoms with E-state index in [1.54, 1.807) is 0 Å². The van der Waals surface area contributed by atoms with Crippen LogP contribution in [0.2, 0.25) is 0 Å². The van der Waals surface area contributed by atoms with Crippen LogP contribution in [0.3, 0.4) is 0 Å². The lowest BCUT2D eigenvalue weighted by atomic mass is 10.2. The third-order valence-electron chi connectivity index (χ3n) is 1.97. The Morgan fingerprint density at radius 3 is 2.81 bits per heavy atom. The Balaban J connectivity index is 2.61. The number of esters is 1. The second kappa shape index (κ2) is 4.14. The van der Waals surface area contributed by atoms with Crippen molar-refractivity contribution in [2.24, 2.45) is 0 Å². The van der Waals surface area contributed by atoms with Crippen LogP contribution >= 0.6 is 28.6 Å². The first kappa shape index (κ1) is 11.5. The van der Waals surface area contributed by atoms with Gasteiger partial charge in [0.2, 0.25) is 0 Å². The molecule has 1 aliphatic rings. The Kier molecular flexibility index (Phi) is 2.98. The van der Waals surface area contributed by atoms with Crippen molar-refractivity contribution < 1.29 is 23.4 Å². The summed E-state index contributed by atoms with van der Waals surface area (Å²) in [7, 11) is 1.20. The van der Waals surface area contributed by atoms with Gasteiger partial charge in [-0.3, -0.25) is 0 Å². The van der Waals surface area contributed by atoms with Crippen molar-refractivity contribution in [3.63, 3.8) is 0 Å². The number of carbonyl (C=O) groups excluding carboxylic acids is 1. The van der Waals surface area contributed by atoms with Crippen LogP contribution in [0.4, 0.5) is 4.39 Å². The zero-order chi connectivity index (χ0) is 11.9. The van der Waals surface area contributed by atoms with E-state index in [9.17, 15) is 9.18 Å². The van der Waals surface area contributed by atoms with Crippen LogP contribution < -0.4 is 9.47 Å². The highest BCUT2D eigenvalue weighted by Crippen LogP contribution is 2.45. The smallest absolute Gasteiger partial charge is 0.341 e. The average molecular weight is 309 g/mol. The summed E-state index contributed by atoms with van der Waals surface area (Å²) in [6.07, 6.45) is 0. The van der Waals surface area contributed by atoms with Crippen molar-refractivity contribution in [1.29, 1.82) is 0 Å². The highest BCUT2D eigenvalue weighted by molar-refractivity contribution is 9.10. The molecule has 0 radical (unpaired) electrons. The second-order valence-electron chi connectivity index (χ2n) is 2.91. The Morgan fingerprint density at radius 2 is 2.19 bits per heavy atom. The van der Waals surface area contributed by atoms with Crippen molar-refractivity contribution in [3.8, 4) is 11.5 Å². The van der Waals surface area contributed by atoms with Gasteiger partial charge in [0, 0.05) is 0 Å². The quantitative estimate of drug-likeness (QED) is 0.639. The van der Waals surface area contributed by atoms with Gasteiger partial charge in [-0.15, -0.1) is 0 Å². The largest absolute Gasteiger partial charge is 0.465 e. The summed E-state index contributed by atoms with van der Waals surface area (Å²) >= 11 is 6.92. The lowest BCUT2D eigenvalue weighted by molar-refractivity contribution is 0.0594. The van der Waals surface area contributed by atoms with Crippen LogP contribution in [-0.4, -0.2) is 18.7 Å². The predicted molar refractivity (Wildman–Crippen MR) is 59.5 cm³/mol. The molecule has 0 amide bonds. The molecule has 1 atom stereocenters. The number of thiol groups is 1. The Hall–Kier alpha value is -0.950. The van der Waals surface area contributed by atoms with Crippen molar-refractivity contribution >= 4 is 34.5 Å². The summed E-state index contributed by atoms with van der Waals surface area (Å²) in [5.74, 6) is -1.10. The Morgan fingerprint density at radius 1 is 1.56 bits per heavy atom. The molecule has 4 nitrogen and oxygen atoms in total. The minimum Gasteiger partial charge on any atom is -0.465 e. The molecule has 0 spiro atoms. The lowest BCUT2D eigenvalue weighted by Crippen LogP contribution is -2.09. The number of ether oxygens (including phenoxy) is 3. The zero-order valence-corrected chi connectivity index (χ0v) is 10.5. The third-order valence-corrected chi connectivity index (χ3v) is 2.92. The molecular weight excluding hydrogens is 303 g/mol. The fourth-order valence-electron chi connectivity index (χ4n) is 1.30. The van der Waals surface area contributed by atoms with Gasteiger partial charge >= 0.3 is 5.97 Å². The molecule has 0 bridgehead atoms. The van der Waals surface area contributed by atoms with E-state index in [-0.39, 0.29) is 21.5 Å². The van der Waals surface area contributed by atoms with Gasteiger partial charge in [0.1, 0.15) is 11.4 Å². The van der Waals surface area contributed by atoms with E-state index in [1.807, 2.05) is 0 Å². The van der Waals surface area contributed by atoms with Crippen molar-refractivity contribution in [2.45, 2.75) is 5.62 Å². The first-order valence-electron chi connectivity index (χ1n) is 4.16. The van der Waals surface area contributed by atoms with E-state index < -0.39 is 17.4 Å². The molecule has 2 rings (SSSR count). The van der Waals surface area contributed by atoms with Crippen molar-refractivity contribution in [3.05, 3.63) is 21.9 Å². The molecule has 1 heterocycles. The predicted octanol–water partition coefficient (Wildman–Crippen LogP) is 2.36. The lowest BCUT2D eigenvalue weighted by Gasteiger charge is -2.05. The second-order valence-corrected chi connectivity index (χ2v) is 4.13. The number of hydrogen-bond acceptors (Lipinski definition) is 5. The molecule has 0 saturated carbocycles. The van der Waals surface area contributed by atoms with Crippen LogP contribution in [-0.2, 0) is 4.74 Å². The normalized spacial score (nSPS) is 17.4. The van der Waals surface area contributed by atoms with Crippen LogP contribution in [0.5, 0.6) is 11.5 Å². The van der Waals surface area contributed by atoms with Gasteiger partial charge in [0.05, 0.1) is 11.6 Å². The monoisotopic (exact) mass is 308 g/mol. The number of hydrogen-bond donors (Lipinski definition) is 1. The molecule has 0 aliphatic carbocycles. The molecular formula is C9H6BrFO4S. The number of fused-ring (bicyclic) bond motifs is 1. The summed E-state index contributed by atoms with van der Waals surface area (Å²) in [5.41, 5.74) is -0.897. The van der Waals surface area contributed by atoms with E-state index in [0.717, 1.165) is 6.07 Å². The van der Waals surface area contributed by atoms with Gasteiger partial charge in [-0.1, -0.05) is 12.6 Å². The van der Waals surface area contributed by atoms with Gasteiger partial charge in [0.15, 0.2) is 11.5 Å². The van der Waals surface area contributed by atoms with Gasteiger partial charge in [-0.2, -0.15) is 0 Å². The van der Waals surface area contributed by atoms with Crippen LogP contribution in [0, 0.1) is 5.82 Å². The zero-order valence-electron chi connectivity index (χ0n) is 7.99. The summed E-state index contributed by atoms with van der Waals surface area (Å²) in [5, 5.41) is 0. The molecule has 0 aromatic heterocycles. The topological polar surface area (TPSA) is 44.8 Å². The van der Waals surface area contributed by atoms with E-state index in [0.29, 0.717) is 0 Å². The first-order chi connectivity index (χ1) is 7.54. The molecule has 1 aromatic carbocycles. The molecule has 1 unspecified atom stereocenters. The molecule has 86 valence electrons. The summed E-state index contributed by atoms with van der Waals surface area (Å²) in [4.78, 5) is 11.4. The molecule has 16 heavy (non-hydrogen) atoms. The number of rotatable bonds is 1. The summed E-state index contributed by atoms with van der Waals surface area (Å²) in [6.45, 7) is 0. The van der Waals surface area contributed by atoms with Crippen molar-refractivity contribution in [1.82, 2.24) is 0 Å². The number of carbonyl (C=O) groups is 1. The van der Waals surface area contributed by atoms with Crippen LogP contribution in [0.15, 0.2) is 10.5 Å². The third kappa shape index (κ3) is 1.73. The van der Waals surface area contributed by atoms with E-state index in [4.69, 9.17) is 9.47 Å². The van der Waals surface area contributed by atoms with Gasteiger partial charge in [-0.05, 0) is 22.0 Å². The van der Waals surface area contributed by atoms with E-state index >= 15 is 0 Å². The van der Waals surface area contributed by atoms with Gasteiger partial charge in [-0.25, -0.2) is 9.18 Å². The van der Waals surface area contributed by atoms with Crippen LogP contribution in [0.1, 0.15) is 10.4 Å². The maximum atomic E-state index is 13.4. The number of methoxy groups -OCH3 is 1. The minimum absolute atomic E-state index is 0.0326. The maximum Gasteiger partial charge on any atom is 0.341 e. The highest BCUT2D eigenvalue weighted by atomic mass is 79.9. The molecule has 0 fully saturated rings. The van der Waals surface area contributed by atoms with E-state index in [2.05, 4.69) is 33.3 Å². The fourth-order valence-corrected chi connectivity index (χ4v) is 1.89. The Bertz CT molecular complexity index is 465. The summed E-state index contributed by atoms with van der Waals surface area (Å²) in [6, 6.07) is 1.02. The molecule has 7 heteroatoms. The first-order valence-corrected chi connectivity index (χ1v) is 5.47. The average Bonchev–Trinajstić information content (AvgIpc) is 2.64. The molecule has 0 saturated heterocycles. The minimum atomic E-state index is -0.864. The van der Waals surface area contributed by atoms with Crippen LogP contribution in [0.25, 0.3) is 0 Å². The molecule has 1 aliphatic heterocycles. The SMILES string of the molecule is COC(=O)c1cc(F)c(Br)c2c1OC(S)O2. The van der Waals surface area contributed by atoms with Crippen molar-refractivity contribution in [2.75, 3.05) is 7.11 Å². The Labute approximate surface area is 104 Å². The standard InChI is InChI=1S/C9H6BrFO4S/c1-13-8(12)3-2-4(11)5(10)7-6(3)14-9(16)15-7/h2,9,16H,1H3. The fraction of sp³-hybridized carbons (Fsp3) is 0.222. The number of benzene rings is 1. The van der Waals surface area contributed by atoms with Gasteiger partial charge < -0.3 is 14.2 Å².